The van der Waals surface area contributed by atoms with Gasteiger partial charge in [0.15, 0.2) is 17.5 Å². The van der Waals surface area contributed by atoms with Gasteiger partial charge in [0.2, 0.25) is 0 Å². The largest absolute Gasteiger partial charge is 0.486 e. The average molecular weight is 289 g/mol. The molecule has 0 aliphatic carbocycles. The van der Waals surface area contributed by atoms with Crippen LogP contribution in [0.5, 0.6) is 11.5 Å². The lowest BCUT2D eigenvalue weighted by molar-refractivity contribution is 0.171. The predicted molar refractivity (Wildman–Crippen MR) is 85.1 cm³/mol. The number of ether oxygens (including phenoxy) is 2. The van der Waals surface area contributed by atoms with Gasteiger partial charge in [0, 0.05) is 12.0 Å². The van der Waals surface area contributed by atoms with E-state index in [0.29, 0.717) is 32.3 Å². The number of rotatable bonds is 5. The van der Waals surface area contributed by atoms with E-state index in [-0.39, 0.29) is 5.41 Å². The van der Waals surface area contributed by atoms with Crippen LogP contribution in [-0.4, -0.2) is 32.3 Å². The zero-order chi connectivity index (χ0) is 15.3. The van der Waals surface area contributed by atoms with Gasteiger partial charge in [0.05, 0.1) is 6.54 Å². The third-order valence-corrected chi connectivity index (χ3v) is 3.40. The summed E-state index contributed by atoms with van der Waals surface area (Å²) in [6.07, 6.45) is 1.74. The first-order valence-electron chi connectivity index (χ1n) is 7.08. The van der Waals surface area contributed by atoms with E-state index in [2.05, 4.69) is 36.8 Å². The molecule has 0 bridgehead atoms. The Morgan fingerprint density at radius 1 is 1.38 bits per heavy atom. The lowest BCUT2D eigenvalue weighted by Gasteiger charge is -2.26. The number of aliphatic imine (C=N–C) groups is 1. The van der Waals surface area contributed by atoms with Gasteiger partial charge in [-0.25, -0.2) is 0 Å². The van der Waals surface area contributed by atoms with Gasteiger partial charge >= 0.3 is 0 Å². The molecule has 114 valence electrons. The van der Waals surface area contributed by atoms with Crippen LogP contribution >= 0.6 is 0 Å². The monoisotopic (exact) mass is 289 g/mol. The Morgan fingerprint density at radius 2 is 2.10 bits per heavy atom. The highest BCUT2D eigenvalue weighted by Crippen LogP contribution is 2.35. The summed E-state index contributed by atoms with van der Waals surface area (Å²) in [6, 6.07) is 6.03. The highest BCUT2D eigenvalue weighted by Gasteiger charge is 2.23. The fourth-order valence-corrected chi connectivity index (χ4v) is 2.07. The van der Waals surface area contributed by atoms with Crippen molar-refractivity contribution >= 4 is 5.96 Å². The first-order valence-corrected chi connectivity index (χ1v) is 7.08. The molecule has 21 heavy (non-hydrogen) atoms. The normalized spacial score (nSPS) is 14.7. The topological polar surface area (TPSA) is 68.9 Å². The van der Waals surface area contributed by atoms with Gasteiger partial charge in [-0.2, -0.15) is 0 Å². The minimum atomic E-state index is -0.143. The highest BCUT2D eigenvalue weighted by atomic mass is 16.6. The molecule has 0 spiro atoms. The molecule has 0 saturated carbocycles. The summed E-state index contributed by atoms with van der Waals surface area (Å²) in [5, 5.41) is 2.97. The third kappa shape index (κ3) is 3.90. The molecule has 0 radical (unpaired) electrons. The van der Waals surface area contributed by atoms with Gasteiger partial charge in [-0.1, -0.05) is 26.0 Å². The Kier molecular flexibility index (Phi) is 4.73. The number of nitrogens with zero attached hydrogens (tertiary/aromatic N) is 1. The van der Waals surface area contributed by atoms with Crippen molar-refractivity contribution in [3.8, 4) is 11.5 Å². The van der Waals surface area contributed by atoms with Crippen molar-refractivity contribution in [2.45, 2.75) is 19.3 Å². The summed E-state index contributed by atoms with van der Waals surface area (Å²) >= 11 is 0. The van der Waals surface area contributed by atoms with Crippen molar-refractivity contribution in [2.75, 3.05) is 26.3 Å². The molecule has 5 heteroatoms. The van der Waals surface area contributed by atoms with E-state index < -0.39 is 0 Å². The Morgan fingerprint density at radius 3 is 2.81 bits per heavy atom. The predicted octanol–water partition coefficient (Wildman–Crippen LogP) is 1.83. The summed E-state index contributed by atoms with van der Waals surface area (Å²) in [7, 11) is 0. The molecule has 1 heterocycles. The fourth-order valence-electron chi connectivity index (χ4n) is 2.07. The van der Waals surface area contributed by atoms with E-state index in [1.807, 2.05) is 12.1 Å². The molecule has 5 nitrogen and oxygen atoms in total. The van der Waals surface area contributed by atoms with Crippen molar-refractivity contribution in [3.05, 3.63) is 36.4 Å². The summed E-state index contributed by atoms with van der Waals surface area (Å²) in [5.74, 6) is 2.03. The SMILES string of the molecule is C=CCNC(N)=NCC(C)(C)c1ccc2c(c1)OCCO2. The maximum absolute atomic E-state index is 5.80. The summed E-state index contributed by atoms with van der Waals surface area (Å²) < 4.78 is 11.2. The Balaban J connectivity index is 2.09. The second-order valence-electron chi connectivity index (χ2n) is 5.61. The van der Waals surface area contributed by atoms with Crippen molar-refractivity contribution in [1.82, 2.24) is 5.32 Å². The van der Waals surface area contributed by atoms with Crippen LogP contribution in [0.1, 0.15) is 19.4 Å². The minimum Gasteiger partial charge on any atom is -0.486 e. The lowest BCUT2D eigenvalue weighted by atomic mass is 9.84. The van der Waals surface area contributed by atoms with E-state index in [1.165, 1.54) is 0 Å². The Bertz CT molecular complexity index is 538. The average Bonchev–Trinajstić information content (AvgIpc) is 2.50. The molecule has 0 unspecified atom stereocenters. The highest BCUT2D eigenvalue weighted by molar-refractivity contribution is 5.78. The summed E-state index contributed by atoms with van der Waals surface area (Å²) in [4.78, 5) is 4.39. The van der Waals surface area contributed by atoms with E-state index in [9.17, 15) is 0 Å². The van der Waals surface area contributed by atoms with Crippen LogP contribution in [0.4, 0.5) is 0 Å². The zero-order valence-electron chi connectivity index (χ0n) is 12.7. The van der Waals surface area contributed by atoms with Gasteiger partial charge < -0.3 is 20.5 Å². The Hall–Kier alpha value is -2.17. The van der Waals surface area contributed by atoms with Crippen LogP contribution < -0.4 is 20.5 Å². The van der Waals surface area contributed by atoms with E-state index in [4.69, 9.17) is 15.2 Å². The summed E-state index contributed by atoms with van der Waals surface area (Å²) in [6.45, 7) is 10.3. The van der Waals surface area contributed by atoms with Crippen molar-refractivity contribution in [1.29, 1.82) is 0 Å². The summed E-state index contributed by atoms with van der Waals surface area (Å²) in [5.41, 5.74) is 6.81. The number of nitrogens with two attached hydrogens (primary N) is 1. The lowest BCUT2D eigenvalue weighted by Crippen LogP contribution is -2.33. The molecule has 1 aromatic carbocycles. The number of nitrogens with one attached hydrogen (secondary N) is 1. The molecule has 3 N–H and O–H groups in total. The van der Waals surface area contributed by atoms with E-state index in [1.54, 1.807) is 6.08 Å². The number of fused-ring (bicyclic) bond motifs is 1. The fraction of sp³-hybridized carbons (Fsp3) is 0.438. The van der Waals surface area contributed by atoms with Gasteiger partial charge in [0.1, 0.15) is 13.2 Å². The molecule has 1 aromatic rings. The Labute approximate surface area is 125 Å². The second-order valence-corrected chi connectivity index (χ2v) is 5.61. The maximum atomic E-state index is 5.80. The molecule has 0 fully saturated rings. The van der Waals surface area contributed by atoms with Crippen molar-refractivity contribution in [3.63, 3.8) is 0 Å². The van der Waals surface area contributed by atoms with Crippen molar-refractivity contribution < 1.29 is 9.47 Å². The van der Waals surface area contributed by atoms with Crippen LogP contribution in [0.25, 0.3) is 0 Å². The molecule has 0 amide bonds. The van der Waals surface area contributed by atoms with Gasteiger partial charge in [-0.3, -0.25) is 4.99 Å². The first kappa shape index (κ1) is 15.2. The zero-order valence-corrected chi connectivity index (χ0v) is 12.7. The van der Waals surface area contributed by atoms with Gasteiger partial charge in [-0.15, -0.1) is 6.58 Å². The van der Waals surface area contributed by atoms with Crippen molar-refractivity contribution in [2.24, 2.45) is 10.7 Å². The molecule has 0 saturated heterocycles. The van der Waals surface area contributed by atoms with Crippen LogP contribution in [0.15, 0.2) is 35.8 Å². The third-order valence-electron chi connectivity index (χ3n) is 3.40. The van der Waals surface area contributed by atoms with Crippen LogP contribution in [-0.2, 0) is 5.41 Å². The van der Waals surface area contributed by atoms with Crippen LogP contribution in [0.3, 0.4) is 0 Å². The molecule has 1 aliphatic rings. The number of guanidine groups is 1. The standard InChI is InChI=1S/C16H23N3O2/c1-4-7-18-15(17)19-11-16(2,3)12-5-6-13-14(10-12)21-9-8-20-13/h4-6,10H,1,7-9,11H2,2-3H3,(H3,17,18,19). The minimum absolute atomic E-state index is 0.143. The van der Waals surface area contributed by atoms with Crippen LogP contribution in [0, 0.1) is 0 Å². The number of hydrogen-bond donors (Lipinski definition) is 2. The quantitative estimate of drug-likeness (QED) is 0.493. The van der Waals surface area contributed by atoms with Crippen LogP contribution in [0.2, 0.25) is 0 Å². The molecule has 1 aliphatic heterocycles. The maximum Gasteiger partial charge on any atom is 0.188 e. The van der Waals surface area contributed by atoms with E-state index in [0.717, 1.165) is 17.1 Å². The van der Waals surface area contributed by atoms with E-state index >= 15 is 0 Å². The first-order chi connectivity index (χ1) is 10.0. The molecular formula is C16H23N3O2. The van der Waals surface area contributed by atoms with Gasteiger partial charge in [-0.05, 0) is 17.7 Å². The molecule has 0 atom stereocenters. The molecular weight excluding hydrogens is 266 g/mol. The smallest absolute Gasteiger partial charge is 0.188 e. The van der Waals surface area contributed by atoms with Gasteiger partial charge in [0.25, 0.3) is 0 Å². The molecule has 2 rings (SSSR count). The molecule has 0 aromatic heterocycles. The number of benzene rings is 1. The number of hydrogen-bond acceptors (Lipinski definition) is 3. The second kappa shape index (κ2) is 6.52.